The number of benzene rings is 2. The van der Waals surface area contributed by atoms with E-state index in [1.54, 1.807) is 24.3 Å². The van der Waals surface area contributed by atoms with Gasteiger partial charge in [0.25, 0.3) is 5.91 Å². The van der Waals surface area contributed by atoms with Gasteiger partial charge in [0.05, 0.1) is 21.6 Å². The molecule has 0 radical (unpaired) electrons. The quantitative estimate of drug-likeness (QED) is 0.758. The van der Waals surface area contributed by atoms with Crippen LogP contribution in [0.3, 0.4) is 0 Å². The van der Waals surface area contributed by atoms with Gasteiger partial charge in [-0.25, -0.2) is 4.99 Å². The molecule has 0 spiro atoms. The van der Waals surface area contributed by atoms with E-state index < -0.39 is 12.6 Å². The van der Waals surface area contributed by atoms with Crippen LogP contribution in [0.1, 0.15) is 16.7 Å². The van der Waals surface area contributed by atoms with E-state index in [1.165, 1.54) is 11.8 Å². The molecular formula is C20H16ClN2O4S-. The Bertz CT molecular complexity index is 1020. The monoisotopic (exact) mass is 415 g/mol. The van der Waals surface area contributed by atoms with Gasteiger partial charge in [-0.2, -0.15) is 0 Å². The first-order valence-electron chi connectivity index (χ1n) is 8.31. The maximum absolute atomic E-state index is 12.2. The number of aliphatic carboxylic acids is 1. The number of thioether (sulfide) groups is 1. The first kappa shape index (κ1) is 20.0. The molecule has 3 rings (SSSR count). The van der Waals surface area contributed by atoms with Crippen LogP contribution in [0.15, 0.2) is 46.3 Å². The third-order valence-corrected chi connectivity index (χ3v) is 5.25. The number of nitrogens with zero attached hydrogens (tertiary/aromatic N) is 1. The van der Waals surface area contributed by atoms with Gasteiger partial charge in [-0.15, -0.1) is 0 Å². The van der Waals surface area contributed by atoms with E-state index in [9.17, 15) is 14.7 Å². The van der Waals surface area contributed by atoms with Gasteiger partial charge in [0, 0.05) is 0 Å². The Balaban J connectivity index is 1.79. The molecular weight excluding hydrogens is 400 g/mol. The van der Waals surface area contributed by atoms with Gasteiger partial charge in [-0.05, 0) is 66.6 Å². The summed E-state index contributed by atoms with van der Waals surface area (Å²) in [7, 11) is 0. The average molecular weight is 416 g/mol. The summed E-state index contributed by atoms with van der Waals surface area (Å²) in [6, 6.07) is 10.6. The van der Waals surface area contributed by atoms with E-state index in [0.717, 1.165) is 16.8 Å². The first-order valence-corrected chi connectivity index (χ1v) is 9.51. The lowest BCUT2D eigenvalue weighted by atomic mass is 10.1. The highest BCUT2D eigenvalue weighted by Crippen LogP contribution is 2.31. The molecule has 0 unspecified atom stereocenters. The van der Waals surface area contributed by atoms with Crippen molar-refractivity contribution in [2.24, 2.45) is 4.99 Å². The number of nitrogens with one attached hydrogen (secondary N) is 1. The number of aryl methyl sites for hydroxylation is 1. The van der Waals surface area contributed by atoms with Crippen molar-refractivity contribution in [1.29, 1.82) is 0 Å². The van der Waals surface area contributed by atoms with Crippen molar-refractivity contribution < 1.29 is 19.4 Å². The number of carbonyl (C=O) groups is 2. The van der Waals surface area contributed by atoms with Crippen molar-refractivity contribution in [3.8, 4) is 5.75 Å². The van der Waals surface area contributed by atoms with Crippen LogP contribution in [0.4, 0.5) is 5.69 Å². The molecule has 2 aromatic carbocycles. The molecule has 0 atom stereocenters. The highest BCUT2D eigenvalue weighted by atomic mass is 35.5. The minimum Gasteiger partial charge on any atom is -0.546 e. The second-order valence-corrected chi connectivity index (χ2v) is 7.49. The molecule has 1 amide bonds. The molecule has 28 heavy (non-hydrogen) atoms. The number of amidine groups is 1. The molecule has 0 aromatic heterocycles. The molecule has 0 aliphatic carbocycles. The maximum atomic E-state index is 12.2. The fourth-order valence-electron chi connectivity index (χ4n) is 2.46. The highest BCUT2D eigenvalue weighted by molar-refractivity contribution is 8.18. The van der Waals surface area contributed by atoms with Crippen LogP contribution in [0.2, 0.25) is 5.02 Å². The number of aliphatic imine (C=N–C) groups is 1. The number of rotatable bonds is 5. The predicted molar refractivity (Wildman–Crippen MR) is 109 cm³/mol. The third kappa shape index (κ3) is 4.74. The van der Waals surface area contributed by atoms with Crippen LogP contribution >= 0.6 is 23.4 Å². The number of hydrogen-bond donors (Lipinski definition) is 1. The highest BCUT2D eigenvalue weighted by Gasteiger charge is 2.24. The molecule has 8 heteroatoms. The van der Waals surface area contributed by atoms with Gasteiger partial charge in [0.1, 0.15) is 12.4 Å². The smallest absolute Gasteiger partial charge is 0.264 e. The summed E-state index contributed by atoms with van der Waals surface area (Å²) in [4.78, 5) is 27.7. The SMILES string of the molecule is Cc1cccc(N=C2NC(=O)/C(=C/c3ccc(OCC(=O)[O-])c(Cl)c3)S2)c1C. The van der Waals surface area contributed by atoms with Crippen LogP contribution in [0, 0.1) is 13.8 Å². The predicted octanol–water partition coefficient (Wildman–Crippen LogP) is 2.98. The molecule has 1 fully saturated rings. The van der Waals surface area contributed by atoms with E-state index in [-0.39, 0.29) is 16.7 Å². The average Bonchev–Trinajstić information content (AvgIpc) is 2.97. The molecule has 1 saturated heterocycles. The van der Waals surface area contributed by atoms with Gasteiger partial charge < -0.3 is 20.0 Å². The minimum atomic E-state index is -1.34. The molecule has 1 heterocycles. The lowest BCUT2D eigenvalue weighted by Crippen LogP contribution is -2.28. The van der Waals surface area contributed by atoms with Gasteiger partial charge >= 0.3 is 0 Å². The van der Waals surface area contributed by atoms with Crippen molar-refractivity contribution in [1.82, 2.24) is 5.32 Å². The van der Waals surface area contributed by atoms with E-state index in [2.05, 4.69) is 10.3 Å². The number of ether oxygens (including phenoxy) is 1. The zero-order chi connectivity index (χ0) is 20.3. The minimum absolute atomic E-state index is 0.230. The van der Waals surface area contributed by atoms with Crippen molar-refractivity contribution in [2.45, 2.75) is 13.8 Å². The Labute approximate surface area is 171 Å². The van der Waals surface area contributed by atoms with Crippen LogP contribution in [-0.4, -0.2) is 23.7 Å². The van der Waals surface area contributed by atoms with E-state index in [1.807, 2.05) is 32.0 Å². The van der Waals surface area contributed by atoms with Gasteiger partial charge in [0.15, 0.2) is 5.17 Å². The summed E-state index contributed by atoms with van der Waals surface area (Å²) in [5.74, 6) is -1.35. The molecule has 0 saturated carbocycles. The normalized spacial score (nSPS) is 16.5. The number of carboxylic acids is 1. The van der Waals surface area contributed by atoms with E-state index >= 15 is 0 Å². The summed E-state index contributed by atoms with van der Waals surface area (Å²) in [6.45, 7) is 3.41. The number of amides is 1. The lowest BCUT2D eigenvalue weighted by Gasteiger charge is -2.08. The second kappa shape index (κ2) is 8.50. The molecule has 0 bridgehead atoms. The Hall–Kier alpha value is -2.77. The third-order valence-electron chi connectivity index (χ3n) is 4.05. The first-order chi connectivity index (χ1) is 13.3. The fraction of sp³-hybridized carbons (Fsp3) is 0.150. The Morgan fingerprint density at radius 3 is 2.82 bits per heavy atom. The zero-order valence-electron chi connectivity index (χ0n) is 15.1. The second-order valence-electron chi connectivity index (χ2n) is 6.05. The zero-order valence-corrected chi connectivity index (χ0v) is 16.7. The Morgan fingerprint density at radius 1 is 1.32 bits per heavy atom. The Kier molecular flexibility index (Phi) is 6.06. The maximum Gasteiger partial charge on any atom is 0.264 e. The molecule has 1 aliphatic rings. The van der Waals surface area contributed by atoms with Crippen LogP contribution in [-0.2, 0) is 9.59 Å². The summed E-state index contributed by atoms with van der Waals surface area (Å²) < 4.78 is 5.03. The van der Waals surface area contributed by atoms with Crippen molar-refractivity contribution in [3.63, 3.8) is 0 Å². The van der Waals surface area contributed by atoms with Crippen molar-refractivity contribution in [3.05, 3.63) is 63.0 Å². The van der Waals surface area contributed by atoms with Crippen molar-refractivity contribution >= 4 is 52.2 Å². The number of halogens is 1. The topological polar surface area (TPSA) is 90.8 Å². The Morgan fingerprint density at radius 2 is 2.11 bits per heavy atom. The number of carbonyl (C=O) groups excluding carboxylic acids is 2. The van der Waals surface area contributed by atoms with Crippen LogP contribution in [0.25, 0.3) is 6.08 Å². The van der Waals surface area contributed by atoms with Gasteiger partial charge in [-0.3, -0.25) is 4.79 Å². The lowest BCUT2D eigenvalue weighted by molar-refractivity contribution is -0.307. The van der Waals surface area contributed by atoms with Crippen LogP contribution < -0.4 is 15.2 Å². The van der Waals surface area contributed by atoms with Crippen molar-refractivity contribution in [2.75, 3.05) is 6.61 Å². The molecule has 144 valence electrons. The number of carboxylic acid groups (broad SMARTS) is 1. The largest absolute Gasteiger partial charge is 0.546 e. The standard InChI is InChI=1S/C20H17ClN2O4S/c1-11-4-3-5-15(12(11)2)22-20-23-19(26)17(28-20)9-13-6-7-16(14(21)8-13)27-10-18(24)25/h3-9H,10H2,1-2H3,(H,24,25)(H,22,23,26)/p-1/b17-9-. The summed E-state index contributed by atoms with van der Waals surface area (Å²) in [5.41, 5.74) is 3.67. The molecule has 2 aromatic rings. The van der Waals surface area contributed by atoms with Gasteiger partial charge in [-0.1, -0.05) is 29.8 Å². The molecule has 1 N–H and O–H groups in total. The molecule has 1 aliphatic heterocycles. The van der Waals surface area contributed by atoms with E-state index in [4.69, 9.17) is 16.3 Å². The van der Waals surface area contributed by atoms with E-state index in [0.29, 0.717) is 15.6 Å². The summed E-state index contributed by atoms with van der Waals surface area (Å²) in [5, 5.41) is 14.0. The van der Waals surface area contributed by atoms with Crippen LogP contribution in [0.5, 0.6) is 5.75 Å². The van der Waals surface area contributed by atoms with Gasteiger partial charge in [0.2, 0.25) is 0 Å². The molecule has 6 nitrogen and oxygen atoms in total. The summed E-state index contributed by atoms with van der Waals surface area (Å²) >= 11 is 7.34. The summed E-state index contributed by atoms with van der Waals surface area (Å²) in [6.07, 6.45) is 1.68. The fourth-order valence-corrected chi connectivity index (χ4v) is 3.54. The number of hydrogen-bond acceptors (Lipinski definition) is 6.